The number of phenolic OH excluding ortho intramolecular Hbond substituents is 1. The maximum Gasteiger partial charge on any atom is 0.122 e. The van der Waals surface area contributed by atoms with E-state index in [4.69, 9.17) is 0 Å². The zero-order valence-corrected chi connectivity index (χ0v) is 10.4. The lowest BCUT2D eigenvalue weighted by molar-refractivity contribution is 0.452. The van der Waals surface area contributed by atoms with Crippen molar-refractivity contribution in [2.45, 2.75) is 31.8 Å². The summed E-state index contributed by atoms with van der Waals surface area (Å²) in [6.45, 7) is 2.10. The van der Waals surface area contributed by atoms with Gasteiger partial charge < -0.3 is 15.4 Å². The second-order valence-electron chi connectivity index (χ2n) is 4.80. The molecule has 0 aliphatic heterocycles. The van der Waals surface area contributed by atoms with Gasteiger partial charge in [0.25, 0.3) is 0 Å². The lowest BCUT2D eigenvalue weighted by atomic mass is 10.1. The van der Waals surface area contributed by atoms with E-state index in [2.05, 4.69) is 28.3 Å². The van der Waals surface area contributed by atoms with Crippen molar-refractivity contribution in [3.8, 4) is 5.75 Å². The summed E-state index contributed by atoms with van der Waals surface area (Å²) >= 11 is 0. The molecule has 0 amide bonds. The van der Waals surface area contributed by atoms with Crippen molar-refractivity contribution in [2.75, 3.05) is 0 Å². The summed E-state index contributed by atoms with van der Waals surface area (Å²) in [6, 6.07) is 6.24. The van der Waals surface area contributed by atoms with Gasteiger partial charge in [-0.1, -0.05) is 12.1 Å². The molecule has 4 heteroatoms. The normalized spacial score (nSPS) is 19.7. The molecule has 0 fully saturated rings. The molecule has 18 heavy (non-hydrogen) atoms. The summed E-state index contributed by atoms with van der Waals surface area (Å²) in [5.74, 6) is 1.37. The first-order valence-electron chi connectivity index (χ1n) is 6.32. The summed E-state index contributed by atoms with van der Waals surface area (Å²) in [6.07, 6.45) is 5.56. The third-order valence-corrected chi connectivity index (χ3v) is 3.63. The zero-order valence-electron chi connectivity index (χ0n) is 10.4. The predicted octanol–water partition coefficient (Wildman–Crippen LogP) is 2.45. The van der Waals surface area contributed by atoms with Gasteiger partial charge in [-0.05, 0) is 37.0 Å². The average molecular weight is 243 g/mol. The summed E-state index contributed by atoms with van der Waals surface area (Å²) < 4.78 is 0. The third kappa shape index (κ3) is 1.88. The number of imidazole rings is 1. The number of aromatic amines is 1. The van der Waals surface area contributed by atoms with Crippen LogP contribution in [0, 0.1) is 0 Å². The summed E-state index contributed by atoms with van der Waals surface area (Å²) in [5, 5.41) is 13.4. The summed E-state index contributed by atoms with van der Waals surface area (Å²) in [7, 11) is 0. The molecule has 0 bridgehead atoms. The van der Waals surface area contributed by atoms with E-state index in [-0.39, 0.29) is 6.04 Å². The lowest BCUT2D eigenvalue weighted by Gasteiger charge is -2.19. The van der Waals surface area contributed by atoms with Gasteiger partial charge in [-0.3, -0.25) is 0 Å². The van der Waals surface area contributed by atoms with Gasteiger partial charge >= 0.3 is 0 Å². The summed E-state index contributed by atoms with van der Waals surface area (Å²) in [5.41, 5.74) is 2.30. The van der Waals surface area contributed by atoms with E-state index in [0.29, 0.717) is 11.8 Å². The van der Waals surface area contributed by atoms with Gasteiger partial charge in [0.05, 0.1) is 6.04 Å². The number of nitrogens with one attached hydrogen (secondary N) is 2. The Morgan fingerprint density at radius 3 is 3.17 bits per heavy atom. The Morgan fingerprint density at radius 2 is 2.39 bits per heavy atom. The Balaban J connectivity index is 1.79. The quantitative estimate of drug-likeness (QED) is 0.776. The minimum atomic E-state index is 0.179. The molecule has 1 aliphatic rings. The highest BCUT2D eigenvalue weighted by molar-refractivity contribution is 5.44. The number of fused-ring (bicyclic) bond motifs is 1. The van der Waals surface area contributed by atoms with Gasteiger partial charge in [0, 0.05) is 18.4 Å². The molecule has 4 nitrogen and oxygen atoms in total. The number of phenols is 1. The van der Waals surface area contributed by atoms with Gasteiger partial charge in [-0.2, -0.15) is 0 Å². The first-order chi connectivity index (χ1) is 8.75. The highest BCUT2D eigenvalue weighted by Gasteiger charge is 2.26. The fraction of sp³-hybridized carbons (Fsp3) is 0.357. The molecule has 2 aromatic rings. The predicted molar refractivity (Wildman–Crippen MR) is 69.3 cm³/mol. The Hall–Kier alpha value is -1.81. The van der Waals surface area contributed by atoms with E-state index in [1.54, 1.807) is 12.3 Å². The molecule has 2 unspecified atom stereocenters. The molecule has 0 saturated carbocycles. The number of aromatic hydroxyl groups is 1. The second-order valence-corrected chi connectivity index (χ2v) is 4.80. The van der Waals surface area contributed by atoms with Crippen LogP contribution in [-0.2, 0) is 6.42 Å². The SMILES string of the molecule is CC(NC1CCc2c(O)cccc21)c1ncc[nH]1. The van der Waals surface area contributed by atoms with Crippen LogP contribution in [0.5, 0.6) is 5.75 Å². The van der Waals surface area contributed by atoms with E-state index in [9.17, 15) is 5.11 Å². The minimum Gasteiger partial charge on any atom is -0.508 e. The largest absolute Gasteiger partial charge is 0.508 e. The van der Waals surface area contributed by atoms with Gasteiger partial charge in [0.2, 0.25) is 0 Å². The number of rotatable bonds is 3. The fourth-order valence-electron chi connectivity index (χ4n) is 2.70. The first kappa shape index (κ1) is 11.3. The molecule has 3 rings (SSSR count). The van der Waals surface area contributed by atoms with Gasteiger partial charge in [-0.15, -0.1) is 0 Å². The molecule has 94 valence electrons. The highest BCUT2D eigenvalue weighted by atomic mass is 16.3. The Kier molecular flexibility index (Phi) is 2.80. The molecule has 0 radical (unpaired) electrons. The van der Waals surface area contributed by atoms with Crippen molar-refractivity contribution in [1.82, 2.24) is 15.3 Å². The lowest BCUT2D eigenvalue weighted by Crippen LogP contribution is -2.23. The van der Waals surface area contributed by atoms with E-state index in [1.807, 2.05) is 12.3 Å². The maximum absolute atomic E-state index is 9.82. The van der Waals surface area contributed by atoms with E-state index >= 15 is 0 Å². The zero-order chi connectivity index (χ0) is 12.5. The Bertz CT molecular complexity index is 536. The van der Waals surface area contributed by atoms with Crippen LogP contribution in [0.15, 0.2) is 30.6 Å². The number of hydrogen-bond acceptors (Lipinski definition) is 3. The third-order valence-electron chi connectivity index (χ3n) is 3.63. The number of hydrogen-bond donors (Lipinski definition) is 3. The Labute approximate surface area is 106 Å². The van der Waals surface area contributed by atoms with Crippen molar-refractivity contribution >= 4 is 0 Å². The molecule has 2 atom stereocenters. The van der Waals surface area contributed by atoms with Crippen LogP contribution >= 0.6 is 0 Å². The van der Waals surface area contributed by atoms with Gasteiger partial charge in [0.1, 0.15) is 11.6 Å². The fourth-order valence-corrected chi connectivity index (χ4v) is 2.70. The van der Waals surface area contributed by atoms with Crippen LogP contribution in [0.2, 0.25) is 0 Å². The summed E-state index contributed by atoms with van der Waals surface area (Å²) in [4.78, 5) is 7.39. The van der Waals surface area contributed by atoms with Gasteiger partial charge in [-0.25, -0.2) is 4.98 Å². The highest BCUT2D eigenvalue weighted by Crippen LogP contribution is 2.37. The van der Waals surface area contributed by atoms with Crippen LogP contribution in [0.3, 0.4) is 0 Å². The molecule has 1 aromatic carbocycles. The monoisotopic (exact) mass is 243 g/mol. The van der Waals surface area contributed by atoms with E-state index in [1.165, 1.54) is 5.56 Å². The van der Waals surface area contributed by atoms with E-state index in [0.717, 1.165) is 24.2 Å². The smallest absolute Gasteiger partial charge is 0.122 e. The van der Waals surface area contributed by atoms with Gasteiger partial charge in [0.15, 0.2) is 0 Å². The van der Waals surface area contributed by atoms with Crippen LogP contribution < -0.4 is 5.32 Å². The molecular weight excluding hydrogens is 226 g/mol. The molecule has 1 heterocycles. The van der Waals surface area contributed by atoms with Crippen LogP contribution in [-0.4, -0.2) is 15.1 Å². The van der Waals surface area contributed by atoms with Crippen molar-refractivity contribution in [1.29, 1.82) is 0 Å². The standard InChI is InChI=1S/C14H17N3O/c1-9(14-15-7-8-16-14)17-12-6-5-11-10(12)3-2-4-13(11)18/h2-4,7-9,12,17-18H,5-6H2,1H3,(H,15,16). The molecule has 1 aliphatic carbocycles. The maximum atomic E-state index is 9.82. The molecule has 1 aromatic heterocycles. The topological polar surface area (TPSA) is 60.9 Å². The van der Waals surface area contributed by atoms with Crippen LogP contribution in [0.25, 0.3) is 0 Å². The Morgan fingerprint density at radius 1 is 1.50 bits per heavy atom. The van der Waals surface area contributed by atoms with Crippen LogP contribution in [0.4, 0.5) is 0 Å². The molecular formula is C14H17N3O. The number of nitrogens with zero attached hydrogens (tertiary/aromatic N) is 1. The first-order valence-corrected chi connectivity index (χ1v) is 6.32. The van der Waals surface area contributed by atoms with Crippen molar-refractivity contribution in [3.05, 3.63) is 47.5 Å². The second kappa shape index (κ2) is 4.46. The molecule has 0 saturated heterocycles. The number of H-pyrrole nitrogens is 1. The molecule has 0 spiro atoms. The van der Waals surface area contributed by atoms with Crippen LogP contribution in [0.1, 0.15) is 42.4 Å². The average Bonchev–Trinajstić information content (AvgIpc) is 2.99. The van der Waals surface area contributed by atoms with Crippen molar-refractivity contribution < 1.29 is 5.11 Å². The van der Waals surface area contributed by atoms with Crippen molar-refractivity contribution in [3.63, 3.8) is 0 Å². The van der Waals surface area contributed by atoms with E-state index < -0.39 is 0 Å². The number of benzene rings is 1. The molecule has 3 N–H and O–H groups in total. The minimum absolute atomic E-state index is 0.179. The number of aromatic nitrogens is 2. The van der Waals surface area contributed by atoms with Crippen molar-refractivity contribution in [2.24, 2.45) is 0 Å².